The molecule has 0 fully saturated rings. The molecule has 0 saturated heterocycles. The molecule has 0 saturated carbocycles. The van der Waals surface area contributed by atoms with Crippen molar-refractivity contribution in [1.29, 1.82) is 5.26 Å². The number of ether oxygens (including phenoxy) is 1. The van der Waals surface area contributed by atoms with E-state index in [-0.39, 0.29) is 5.56 Å². The summed E-state index contributed by atoms with van der Waals surface area (Å²) in [6.45, 7) is 3.74. The second-order valence-corrected chi connectivity index (χ2v) is 8.17. The van der Waals surface area contributed by atoms with Gasteiger partial charge < -0.3 is 15.8 Å². The summed E-state index contributed by atoms with van der Waals surface area (Å²) in [5.41, 5.74) is 10.1. The number of rotatable bonds is 6. The summed E-state index contributed by atoms with van der Waals surface area (Å²) in [4.78, 5) is 20.9. The molecule has 2 aromatic carbocycles. The molecule has 1 amide bonds. The largest absolute Gasteiger partial charge is 0.481 e. The van der Waals surface area contributed by atoms with E-state index in [1.54, 1.807) is 19.4 Å². The number of nitrogens with one attached hydrogen (secondary N) is 1. The Balaban J connectivity index is 1.80. The Bertz CT molecular complexity index is 1370. The maximum atomic E-state index is 12.2. The first kappa shape index (κ1) is 21.8. The molecule has 33 heavy (non-hydrogen) atoms. The number of anilines is 2. The molecule has 0 aliphatic heterocycles. The van der Waals surface area contributed by atoms with E-state index in [2.05, 4.69) is 21.4 Å². The lowest BCUT2D eigenvalue weighted by Gasteiger charge is -2.17. The van der Waals surface area contributed by atoms with Crippen molar-refractivity contribution in [3.05, 3.63) is 78.1 Å². The summed E-state index contributed by atoms with van der Waals surface area (Å²) in [5, 5.41) is 13.5. The van der Waals surface area contributed by atoms with Crippen molar-refractivity contribution in [3.63, 3.8) is 0 Å². The highest BCUT2D eigenvalue weighted by Crippen LogP contribution is 2.33. The zero-order valence-corrected chi connectivity index (χ0v) is 18.6. The van der Waals surface area contributed by atoms with Gasteiger partial charge in [0.15, 0.2) is 0 Å². The second kappa shape index (κ2) is 8.60. The Kier molecular flexibility index (Phi) is 5.67. The number of amides is 1. The predicted octanol–water partition coefficient (Wildman–Crippen LogP) is 4.95. The van der Waals surface area contributed by atoms with Gasteiger partial charge in [-0.3, -0.25) is 9.78 Å². The SMILES string of the molecule is COc1ccc(-c2ccc3ncc(C(N)=O)c(Nc4ccc(C(C)(C)C#N)cc4)c3c2)cn1. The molecule has 0 aliphatic carbocycles. The van der Waals surface area contributed by atoms with Crippen molar-refractivity contribution in [2.45, 2.75) is 19.3 Å². The first-order valence-electron chi connectivity index (χ1n) is 10.3. The van der Waals surface area contributed by atoms with Gasteiger partial charge in [0.05, 0.1) is 35.4 Å². The number of nitrogens with two attached hydrogens (primary N) is 1. The van der Waals surface area contributed by atoms with Gasteiger partial charge in [-0.15, -0.1) is 0 Å². The van der Waals surface area contributed by atoms with Gasteiger partial charge in [-0.05, 0) is 55.3 Å². The van der Waals surface area contributed by atoms with Gasteiger partial charge in [-0.2, -0.15) is 5.26 Å². The Morgan fingerprint density at radius 1 is 1.03 bits per heavy atom. The van der Waals surface area contributed by atoms with E-state index < -0.39 is 11.3 Å². The fourth-order valence-corrected chi connectivity index (χ4v) is 3.54. The lowest BCUT2D eigenvalue weighted by molar-refractivity contribution is 0.100. The molecule has 0 aliphatic rings. The maximum Gasteiger partial charge on any atom is 0.252 e. The molecule has 7 nitrogen and oxygen atoms in total. The molecular formula is C26H23N5O2. The summed E-state index contributed by atoms with van der Waals surface area (Å²) in [7, 11) is 1.57. The van der Waals surface area contributed by atoms with Gasteiger partial charge >= 0.3 is 0 Å². The summed E-state index contributed by atoms with van der Waals surface area (Å²) < 4.78 is 5.14. The van der Waals surface area contributed by atoms with Crippen LogP contribution < -0.4 is 15.8 Å². The first-order chi connectivity index (χ1) is 15.8. The van der Waals surface area contributed by atoms with Gasteiger partial charge in [0.25, 0.3) is 5.91 Å². The third-order valence-corrected chi connectivity index (χ3v) is 5.57. The van der Waals surface area contributed by atoms with E-state index in [1.807, 2.05) is 62.4 Å². The van der Waals surface area contributed by atoms with Crippen molar-refractivity contribution in [3.8, 4) is 23.1 Å². The number of nitriles is 1. The van der Waals surface area contributed by atoms with Crippen LogP contribution in [0.25, 0.3) is 22.0 Å². The minimum absolute atomic E-state index is 0.286. The number of fused-ring (bicyclic) bond motifs is 1. The number of carbonyl (C=O) groups excluding carboxylic acids is 1. The van der Waals surface area contributed by atoms with Crippen LogP contribution in [-0.4, -0.2) is 23.0 Å². The summed E-state index contributed by atoms with van der Waals surface area (Å²) in [6, 6.07) is 19.4. The van der Waals surface area contributed by atoms with Gasteiger partial charge in [-0.25, -0.2) is 4.98 Å². The van der Waals surface area contributed by atoms with Gasteiger partial charge in [0, 0.05) is 35.1 Å². The number of methoxy groups -OCH3 is 1. The monoisotopic (exact) mass is 437 g/mol. The molecule has 0 radical (unpaired) electrons. The van der Waals surface area contributed by atoms with Crippen LogP contribution in [0, 0.1) is 11.3 Å². The van der Waals surface area contributed by atoms with E-state index in [1.165, 1.54) is 6.20 Å². The predicted molar refractivity (Wildman–Crippen MR) is 128 cm³/mol. The second-order valence-electron chi connectivity index (χ2n) is 8.17. The zero-order chi connectivity index (χ0) is 23.6. The molecule has 0 spiro atoms. The van der Waals surface area contributed by atoms with E-state index in [0.29, 0.717) is 11.6 Å². The topological polar surface area (TPSA) is 114 Å². The molecule has 7 heteroatoms. The fraction of sp³-hybridized carbons (Fsp3) is 0.154. The molecule has 0 unspecified atom stereocenters. The number of pyridine rings is 2. The first-order valence-corrected chi connectivity index (χ1v) is 10.3. The third kappa shape index (κ3) is 4.32. The standard InChI is InChI=1S/C26H23N5O2/c1-26(2,15-27)18-6-8-19(9-7-18)31-24-20-12-16(17-5-11-23(33-3)30-13-17)4-10-22(20)29-14-21(24)25(28)32/h4-14H,1-3H3,(H2,28,32)(H,29,31). The maximum absolute atomic E-state index is 12.2. The Morgan fingerprint density at radius 2 is 1.76 bits per heavy atom. The Hall–Kier alpha value is -4.44. The number of nitrogens with zero attached hydrogens (tertiary/aromatic N) is 3. The highest BCUT2D eigenvalue weighted by molar-refractivity contribution is 6.08. The van der Waals surface area contributed by atoms with Crippen LogP contribution in [0.1, 0.15) is 29.8 Å². The Labute approximate surface area is 191 Å². The normalized spacial score (nSPS) is 11.1. The van der Waals surface area contributed by atoms with Crippen LogP contribution in [0.2, 0.25) is 0 Å². The molecule has 2 aromatic heterocycles. The van der Waals surface area contributed by atoms with Gasteiger partial charge in [-0.1, -0.05) is 18.2 Å². The smallest absolute Gasteiger partial charge is 0.252 e. The molecule has 0 bridgehead atoms. The van der Waals surface area contributed by atoms with Crippen molar-refractivity contribution >= 4 is 28.2 Å². The molecular weight excluding hydrogens is 414 g/mol. The van der Waals surface area contributed by atoms with E-state index in [9.17, 15) is 10.1 Å². The molecule has 0 atom stereocenters. The highest BCUT2D eigenvalue weighted by Gasteiger charge is 2.20. The number of benzene rings is 2. The van der Waals surface area contributed by atoms with Crippen LogP contribution in [0.15, 0.2) is 67.0 Å². The number of carbonyl (C=O) groups is 1. The minimum Gasteiger partial charge on any atom is -0.481 e. The lowest BCUT2D eigenvalue weighted by Crippen LogP contribution is -2.15. The fourth-order valence-electron chi connectivity index (χ4n) is 3.54. The average Bonchev–Trinajstić information content (AvgIpc) is 2.84. The lowest BCUT2D eigenvalue weighted by atomic mass is 9.86. The number of primary amides is 1. The number of aromatic nitrogens is 2. The molecule has 3 N–H and O–H groups in total. The van der Waals surface area contributed by atoms with Gasteiger partial charge in [0.2, 0.25) is 5.88 Å². The van der Waals surface area contributed by atoms with Crippen molar-refractivity contribution in [2.24, 2.45) is 5.73 Å². The van der Waals surface area contributed by atoms with Crippen molar-refractivity contribution in [1.82, 2.24) is 9.97 Å². The zero-order valence-electron chi connectivity index (χ0n) is 18.6. The minimum atomic E-state index is -0.596. The van der Waals surface area contributed by atoms with Crippen LogP contribution in [0.5, 0.6) is 5.88 Å². The van der Waals surface area contributed by atoms with Crippen LogP contribution in [-0.2, 0) is 5.41 Å². The molecule has 4 aromatic rings. The Morgan fingerprint density at radius 3 is 2.36 bits per heavy atom. The average molecular weight is 438 g/mol. The van der Waals surface area contributed by atoms with E-state index in [4.69, 9.17) is 10.5 Å². The number of hydrogen-bond acceptors (Lipinski definition) is 6. The number of hydrogen-bond donors (Lipinski definition) is 2. The summed E-state index contributed by atoms with van der Waals surface area (Å²) in [5.74, 6) is -0.0479. The quantitative estimate of drug-likeness (QED) is 0.441. The molecule has 4 rings (SSSR count). The van der Waals surface area contributed by atoms with E-state index >= 15 is 0 Å². The highest BCUT2D eigenvalue weighted by atomic mass is 16.5. The van der Waals surface area contributed by atoms with Crippen LogP contribution >= 0.6 is 0 Å². The third-order valence-electron chi connectivity index (χ3n) is 5.57. The molecule has 2 heterocycles. The van der Waals surface area contributed by atoms with E-state index in [0.717, 1.165) is 33.3 Å². The summed E-state index contributed by atoms with van der Waals surface area (Å²) >= 11 is 0. The van der Waals surface area contributed by atoms with Gasteiger partial charge in [0.1, 0.15) is 0 Å². The molecule has 164 valence electrons. The van der Waals surface area contributed by atoms with Crippen molar-refractivity contribution in [2.75, 3.05) is 12.4 Å². The van der Waals surface area contributed by atoms with Crippen LogP contribution in [0.4, 0.5) is 11.4 Å². The summed E-state index contributed by atoms with van der Waals surface area (Å²) in [6.07, 6.45) is 3.21. The van der Waals surface area contributed by atoms with Crippen LogP contribution in [0.3, 0.4) is 0 Å². The van der Waals surface area contributed by atoms with Crippen molar-refractivity contribution < 1.29 is 9.53 Å².